The highest BCUT2D eigenvalue weighted by Gasteiger charge is 2.47. The van der Waals surface area contributed by atoms with Gasteiger partial charge in [0, 0.05) is 11.3 Å². The summed E-state index contributed by atoms with van der Waals surface area (Å²) in [6, 6.07) is 18.9. The van der Waals surface area contributed by atoms with Crippen molar-refractivity contribution in [1.82, 2.24) is 0 Å². The number of ketones is 1. The van der Waals surface area contributed by atoms with Gasteiger partial charge in [-0.3, -0.25) is 14.5 Å². The molecule has 37 heavy (non-hydrogen) atoms. The summed E-state index contributed by atoms with van der Waals surface area (Å²) in [7, 11) is 1.54. The Balaban J connectivity index is 1.85. The number of esters is 1. The molecule has 1 amide bonds. The highest BCUT2D eigenvalue weighted by molar-refractivity contribution is 6.51. The summed E-state index contributed by atoms with van der Waals surface area (Å²) in [4.78, 5) is 40.1. The molecule has 1 heterocycles. The van der Waals surface area contributed by atoms with Crippen LogP contribution in [-0.4, -0.2) is 43.1 Å². The van der Waals surface area contributed by atoms with Crippen LogP contribution in [0.4, 0.5) is 5.69 Å². The lowest BCUT2D eigenvalue weighted by atomic mass is 9.95. The van der Waals surface area contributed by atoms with E-state index in [0.717, 1.165) is 0 Å². The number of nitrogens with zero attached hydrogens (tertiary/aromatic N) is 1. The summed E-state index contributed by atoms with van der Waals surface area (Å²) in [5, 5.41) is 11.3. The van der Waals surface area contributed by atoms with Crippen LogP contribution < -0.4 is 14.4 Å². The Kier molecular flexibility index (Phi) is 7.57. The van der Waals surface area contributed by atoms with Gasteiger partial charge in [-0.15, -0.1) is 0 Å². The predicted molar refractivity (Wildman–Crippen MR) is 138 cm³/mol. The van der Waals surface area contributed by atoms with Gasteiger partial charge in [0.1, 0.15) is 17.3 Å². The molecule has 4 rings (SSSR count). The quantitative estimate of drug-likeness (QED) is 0.203. The number of aliphatic hydroxyl groups is 1. The maximum absolute atomic E-state index is 13.3. The fourth-order valence-corrected chi connectivity index (χ4v) is 4.23. The third-order valence-electron chi connectivity index (χ3n) is 5.95. The first-order valence-corrected chi connectivity index (χ1v) is 11.8. The minimum Gasteiger partial charge on any atom is -0.507 e. The zero-order valence-electron chi connectivity index (χ0n) is 20.8. The zero-order chi connectivity index (χ0) is 26.5. The third-order valence-corrected chi connectivity index (χ3v) is 5.95. The molecular formula is C29H27NO7. The molecule has 3 aromatic carbocycles. The SMILES string of the molecule is CCOC(=O)c1ccc(N2C(=O)C(=O)/C(=C(/O)c3cccc(OCC)c3)C2c2ccc(OC)cc2)cc1. The van der Waals surface area contributed by atoms with Gasteiger partial charge in [0.2, 0.25) is 0 Å². The van der Waals surface area contributed by atoms with E-state index < -0.39 is 23.7 Å². The zero-order valence-corrected chi connectivity index (χ0v) is 20.8. The summed E-state index contributed by atoms with van der Waals surface area (Å²) >= 11 is 0. The second-order valence-electron chi connectivity index (χ2n) is 8.17. The Morgan fingerprint density at radius 1 is 0.892 bits per heavy atom. The monoisotopic (exact) mass is 501 g/mol. The normalized spacial score (nSPS) is 16.5. The maximum atomic E-state index is 13.3. The average Bonchev–Trinajstić information content (AvgIpc) is 3.19. The Bertz CT molecular complexity index is 1340. The summed E-state index contributed by atoms with van der Waals surface area (Å²) in [6.07, 6.45) is 0. The molecule has 0 spiro atoms. The number of benzene rings is 3. The van der Waals surface area contributed by atoms with E-state index >= 15 is 0 Å². The van der Waals surface area contributed by atoms with E-state index in [1.165, 1.54) is 24.1 Å². The Labute approximate surface area is 214 Å². The van der Waals surface area contributed by atoms with E-state index in [4.69, 9.17) is 14.2 Å². The molecule has 0 radical (unpaired) electrons. The van der Waals surface area contributed by atoms with Crippen LogP contribution in [0.25, 0.3) is 5.76 Å². The van der Waals surface area contributed by atoms with E-state index in [2.05, 4.69) is 0 Å². The molecule has 190 valence electrons. The lowest BCUT2D eigenvalue weighted by Crippen LogP contribution is -2.29. The van der Waals surface area contributed by atoms with Crippen LogP contribution in [0.3, 0.4) is 0 Å². The number of carbonyl (C=O) groups excluding carboxylic acids is 3. The number of anilines is 1. The Hall–Kier alpha value is -4.59. The molecule has 1 saturated heterocycles. The molecule has 1 fully saturated rings. The molecule has 8 nitrogen and oxygen atoms in total. The fraction of sp³-hybridized carbons (Fsp3) is 0.207. The lowest BCUT2D eigenvalue weighted by Gasteiger charge is -2.25. The number of carbonyl (C=O) groups is 3. The third kappa shape index (κ3) is 5.04. The number of ether oxygens (including phenoxy) is 3. The van der Waals surface area contributed by atoms with Crippen molar-refractivity contribution >= 4 is 29.1 Å². The van der Waals surface area contributed by atoms with E-state index in [-0.39, 0.29) is 17.9 Å². The average molecular weight is 502 g/mol. The molecule has 1 aliphatic heterocycles. The van der Waals surface area contributed by atoms with Crippen LogP contribution in [0.5, 0.6) is 11.5 Å². The van der Waals surface area contributed by atoms with Crippen molar-refractivity contribution in [3.8, 4) is 11.5 Å². The summed E-state index contributed by atoms with van der Waals surface area (Å²) in [5.74, 6) is -1.30. The Morgan fingerprint density at radius 2 is 1.59 bits per heavy atom. The molecule has 1 unspecified atom stereocenters. The number of rotatable bonds is 8. The van der Waals surface area contributed by atoms with Gasteiger partial charge in [0.25, 0.3) is 11.7 Å². The van der Waals surface area contributed by atoms with Crippen LogP contribution in [0.15, 0.2) is 78.4 Å². The van der Waals surface area contributed by atoms with Gasteiger partial charge in [-0.1, -0.05) is 24.3 Å². The standard InChI is InChI=1S/C29H27NO7/c1-4-36-23-8-6-7-20(17-23)26(31)24-25(18-11-15-22(35-3)16-12-18)30(28(33)27(24)32)21-13-9-19(10-14-21)29(34)37-5-2/h6-17,25,31H,4-5H2,1-3H3/b26-24+. The second-order valence-corrected chi connectivity index (χ2v) is 8.17. The summed E-state index contributed by atoms with van der Waals surface area (Å²) < 4.78 is 15.8. The van der Waals surface area contributed by atoms with Crippen LogP contribution in [0, 0.1) is 0 Å². The van der Waals surface area contributed by atoms with Gasteiger partial charge in [-0.05, 0) is 67.9 Å². The second kappa shape index (κ2) is 11.0. The van der Waals surface area contributed by atoms with Gasteiger partial charge in [-0.25, -0.2) is 4.79 Å². The molecule has 1 N–H and O–H groups in total. The smallest absolute Gasteiger partial charge is 0.338 e. The minimum atomic E-state index is -0.921. The van der Waals surface area contributed by atoms with Crippen molar-refractivity contribution in [2.24, 2.45) is 0 Å². The molecule has 1 aliphatic rings. The van der Waals surface area contributed by atoms with Crippen molar-refractivity contribution in [3.63, 3.8) is 0 Å². The first-order valence-electron chi connectivity index (χ1n) is 11.8. The van der Waals surface area contributed by atoms with Crippen molar-refractivity contribution in [3.05, 3.63) is 95.1 Å². The molecule has 8 heteroatoms. The van der Waals surface area contributed by atoms with Crippen LogP contribution >= 0.6 is 0 Å². The fourth-order valence-electron chi connectivity index (χ4n) is 4.23. The van der Waals surface area contributed by atoms with Gasteiger partial charge >= 0.3 is 5.97 Å². The number of aliphatic hydroxyl groups excluding tert-OH is 1. The van der Waals surface area contributed by atoms with Crippen molar-refractivity contribution in [2.75, 3.05) is 25.2 Å². The van der Waals surface area contributed by atoms with E-state index in [9.17, 15) is 19.5 Å². The largest absolute Gasteiger partial charge is 0.507 e. The summed E-state index contributed by atoms with van der Waals surface area (Å²) in [6.45, 7) is 4.22. The molecule has 1 atom stereocenters. The number of amides is 1. The highest BCUT2D eigenvalue weighted by Crippen LogP contribution is 2.42. The predicted octanol–water partition coefficient (Wildman–Crippen LogP) is 4.90. The van der Waals surface area contributed by atoms with Crippen molar-refractivity contribution < 1.29 is 33.7 Å². The van der Waals surface area contributed by atoms with Crippen molar-refractivity contribution in [2.45, 2.75) is 19.9 Å². The van der Waals surface area contributed by atoms with Crippen LogP contribution in [0.1, 0.15) is 41.4 Å². The van der Waals surface area contributed by atoms with Gasteiger partial charge < -0.3 is 19.3 Å². The van der Waals surface area contributed by atoms with Gasteiger partial charge in [0.15, 0.2) is 0 Å². The van der Waals surface area contributed by atoms with Crippen LogP contribution in [-0.2, 0) is 14.3 Å². The molecule has 0 aliphatic carbocycles. The van der Waals surface area contributed by atoms with E-state index in [1.54, 1.807) is 67.6 Å². The minimum absolute atomic E-state index is 0.0571. The lowest BCUT2D eigenvalue weighted by molar-refractivity contribution is -0.132. The summed E-state index contributed by atoms with van der Waals surface area (Å²) in [5.41, 5.74) is 1.59. The number of hydrogen-bond acceptors (Lipinski definition) is 7. The van der Waals surface area contributed by atoms with Crippen LogP contribution in [0.2, 0.25) is 0 Å². The molecule has 0 aromatic heterocycles. The van der Waals surface area contributed by atoms with Gasteiger partial charge in [0.05, 0.1) is 37.5 Å². The highest BCUT2D eigenvalue weighted by atomic mass is 16.5. The maximum Gasteiger partial charge on any atom is 0.338 e. The number of methoxy groups -OCH3 is 1. The number of Topliss-reactive ketones (excluding diaryl/α,β-unsaturated/α-hetero) is 1. The Morgan fingerprint density at radius 3 is 2.22 bits per heavy atom. The first kappa shape index (κ1) is 25.5. The molecular weight excluding hydrogens is 474 g/mol. The molecule has 0 bridgehead atoms. The van der Waals surface area contributed by atoms with E-state index in [0.29, 0.717) is 40.5 Å². The van der Waals surface area contributed by atoms with Crippen molar-refractivity contribution in [1.29, 1.82) is 0 Å². The number of hydrogen-bond donors (Lipinski definition) is 1. The molecule has 0 saturated carbocycles. The van der Waals surface area contributed by atoms with E-state index in [1.807, 2.05) is 6.92 Å². The first-order chi connectivity index (χ1) is 17.9. The van der Waals surface area contributed by atoms with Gasteiger partial charge in [-0.2, -0.15) is 0 Å². The molecule has 3 aromatic rings. The topological polar surface area (TPSA) is 102 Å².